The van der Waals surface area contributed by atoms with Crippen molar-refractivity contribution in [1.82, 2.24) is 4.90 Å². The quantitative estimate of drug-likeness (QED) is 0.478. The fourth-order valence-corrected chi connectivity index (χ4v) is 7.91. The van der Waals surface area contributed by atoms with Crippen LogP contribution in [-0.2, 0) is 20.5 Å². The number of fused-ring (bicyclic) bond motifs is 7. The second-order valence-electron chi connectivity index (χ2n) is 10.3. The fraction of sp³-hybridized carbons (Fsp3) is 0.300. The van der Waals surface area contributed by atoms with Crippen LogP contribution in [0.1, 0.15) is 41.3 Å². The lowest BCUT2D eigenvalue weighted by atomic mass is 9.57. The molecule has 2 N–H and O–H groups in total. The van der Waals surface area contributed by atoms with E-state index in [1.165, 1.54) is 0 Å². The molecule has 2 fully saturated rings. The highest BCUT2D eigenvalue weighted by Gasteiger charge is 2.81. The first-order valence-corrected chi connectivity index (χ1v) is 13.4. The van der Waals surface area contributed by atoms with Crippen LogP contribution in [0.4, 0.5) is 11.4 Å². The van der Waals surface area contributed by atoms with Crippen molar-refractivity contribution in [3.05, 3.63) is 88.4 Å². The minimum absolute atomic E-state index is 0.196. The van der Waals surface area contributed by atoms with E-state index in [2.05, 4.69) is 15.5 Å². The normalized spacial score (nSPS) is 28.8. The predicted octanol–water partition coefficient (Wildman–Crippen LogP) is 4.75. The smallest absolute Gasteiger partial charge is 0.251 e. The zero-order valence-corrected chi connectivity index (χ0v) is 21.5. The van der Waals surface area contributed by atoms with Crippen LogP contribution in [0, 0.1) is 5.92 Å². The number of benzene rings is 3. The first kappa shape index (κ1) is 23.4. The number of carbonyl (C=O) groups excluding carboxylic acids is 3. The highest BCUT2D eigenvalue weighted by molar-refractivity contribution is 6.35. The van der Waals surface area contributed by atoms with Crippen molar-refractivity contribution in [1.29, 1.82) is 0 Å². The maximum absolute atomic E-state index is 14.8. The van der Waals surface area contributed by atoms with Gasteiger partial charge in [-0.3, -0.25) is 19.3 Å². The summed E-state index contributed by atoms with van der Waals surface area (Å²) < 4.78 is 5.85. The SMILES string of the molecule is CCOc1ccccc1C(=O)[C@@H]1[C@H]2CCCN2[C@]2(C(=O)Nc3c(Cl)cccc32)[C@]12C(=O)Nc1ccccc12. The van der Waals surface area contributed by atoms with Gasteiger partial charge < -0.3 is 15.4 Å². The van der Waals surface area contributed by atoms with Crippen LogP contribution >= 0.6 is 11.6 Å². The molecule has 38 heavy (non-hydrogen) atoms. The van der Waals surface area contributed by atoms with Crippen molar-refractivity contribution >= 4 is 40.6 Å². The number of amides is 2. The lowest BCUT2D eigenvalue weighted by Crippen LogP contribution is -2.62. The van der Waals surface area contributed by atoms with Crippen molar-refractivity contribution in [2.24, 2.45) is 5.92 Å². The van der Waals surface area contributed by atoms with Crippen molar-refractivity contribution in [3.8, 4) is 5.75 Å². The molecule has 4 aliphatic rings. The molecule has 0 aromatic heterocycles. The van der Waals surface area contributed by atoms with Gasteiger partial charge in [-0.25, -0.2) is 0 Å². The fourth-order valence-electron chi connectivity index (χ4n) is 7.69. The van der Waals surface area contributed by atoms with Gasteiger partial charge in [-0.1, -0.05) is 54.1 Å². The van der Waals surface area contributed by atoms with Crippen molar-refractivity contribution in [2.75, 3.05) is 23.8 Å². The molecule has 7 nitrogen and oxygen atoms in total. The molecule has 192 valence electrons. The van der Waals surface area contributed by atoms with Gasteiger partial charge >= 0.3 is 0 Å². The number of nitrogens with one attached hydrogen (secondary N) is 2. The molecule has 0 bridgehead atoms. The van der Waals surface area contributed by atoms with E-state index in [9.17, 15) is 14.4 Å². The lowest BCUT2D eigenvalue weighted by Gasteiger charge is -2.43. The van der Waals surface area contributed by atoms with Gasteiger partial charge in [-0.15, -0.1) is 0 Å². The Labute approximate surface area is 225 Å². The van der Waals surface area contributed by atoms with Gasteiger partial charge in [0.25, 0.3) is 5.91 Å². The molecule has 3 aromatic carbocycles. The van der Waals surface area contributed by atoms with Crippen LogP contribution in [-0.4, -0.2) is 41.7 Å². The Balaban J connectivity index is 1.58. The molecule has 4 atom stereocenters. The average Bonchev–Trinajstić information content (AvgIpc) is 3.64. The molecule has 8 heteroatoms. The average molecular weight is 528 g/mol. The van der Waals surface area contributed by atoms with E-state index in [1.807, 2.05) is 43.3 Å². The summed E-state index contributed by atoms with van der Waals surface area (Å²) in [5, 5.41) is 6.47. The number of nitrogens with zero attached hydrogens (tertiary/aromatic N) is 1. The number of ether oxygens (including phenoxy) is 1. The number of rotatable bonds is 4. The maximum Gasteiger partial charge on any atom is 0.251 e. The molecule has 0 aliphatic carbocycles. The Hall–Kier alpha value is -3.68. The summed E-state index contributed by atoms with van der Waals surface area (Å²) in [6, 6.07) is 19.7. The second kappa shape index (κ2) is 8.16. The minimum atomic E-state index is -1.51. The van der Waals surface area contributed by atoms with Gasteiger partial charge in [0.1, 0.15) is 16.7 Å². The highest BCUT2D eigenvalue weighted by Crippen LogP contribution is 2.68. The molecule has 0 radical (unpaired) electrons. The number of hydrogen-bond acceptors (Lipinski definition) is 5. The van der Waals surface area contributed by atoms with Crippen molar-refractivity contribution in [2.45, 2.75) is 36.8 Å². The molecule has 2 saturated heterocycles. The molecule has 0 unspecified atom stereocenters. The summed E-state index contributed by atoms with van der Waals surface area (Å²) in [5.74, 6) is -1.22. The van der Waals surface area contributed by atoms with Crippen molar-refractivity contribution < 1.29 is 19.1 Å². The monoisotopic (exact) mass is 527 g/mol. The maximum atomic E-state index is 14.8. The number of Topliss-reactive ketones (excluding diaryl/α,β-unsaturated/α-hetero) is 1. The van der Waals surface area contributed by atoms with E-state index in [4.69, 9.17) is 16.3 Å². The Bertz CT molecular complexity index is 1540. The van der Waals surface area contributed by atoms with Crippen molar-refractivity contribution in [3.63, 3.8) is 0 Å². The van der Waals surface area contributed by atoms with Gasteiger partial charge in [0.05, 0.1) is 28.8 Å². The first-order valence-electron chi connectivity index (χ1n) is 13.0. The lowest BCUT2D eigenvalue weighted by molar-refractivity contribution is -0.137. The van der Waals surface area contributed by atoms with E-state index in [1.54, 1.807) is 30.3 Å². The van der Waals surface area contributed by atoms with E-state index >= 15 is 0 Å². The third-order valence-corrected chi connectivity index (χ3v) is 9.13. The standard InChI is InChI=1S/C30H26ClN3O4/c1-2-38-23-15-6-3-9-17(23)26(35)24-22-14-8-16-34(22)30(19-11-7-12-20(31)25(19)33-28(30)37)29(24)18-10-4-5-13-21(18)32-27(29)36/h3-7,9-13,15,22,24H,2,8,14,16H2,1H3,(H,32,36)(H,33,37)/t22-,24+,29+,30-/m1/s1. The molecule has 2 spiro atoms. The van der Waals surface area contributed by atoms with E-state index in [-0.39, 0.29) is 23.6 Å². The van der Waals surface area contributed by atoms with Crippen LogP contribution in [0.15, 0.2) is 66.7 Å². The molecule has 2 amide bonds. The number of ketones is 1. The molecule has 4 aliphatic heterocycles. The summed E-state index contributed by atoms with van der Waals surface area (Å²) >= 11 is 6.60. The van der Waals surface area contributed by atoms with Gasteiger partial charge in [0, 0.05) is 17.3 Å². The third-order valence-electron chi connectivity index (χ3n) is 8.82. The molecular formula is C30H26ClN3O4. The number of anilines is 2. The molecular weight excluding hydrogens is 502 g/mol. The zero-order chi connectivity index (χ0) is 26.2. The van der Waals surface area contributed by atoms with Crippen LogP contribution in [0.2, 0.25) is 5.02 Å². The number of carbonyl (C=O) groups is 3. The summed E-state index contributed by atoms with van der Waals surface area (Å²) in [6.45, 7) is 2.85. The first-order chi connectivity index (χ1) is 18.5. The third kappa shape index (κ3) is 2.60. The van der Waals surface area contributed by atoms with Crippen LogP contribution < -0.4 is 15.4 Å². The predicted molar refractivity (Wildman–Crippen MR) is 144 cm³/mol. The zero-order valence-electron chi connectivity index (χ0n) is 20.8. The Morgan fingerprint density at radius 2 is 1.76 bits per heavy atom. The van der Waals surface area contributed by atoms with Gasteiger partial charge in [0.2, 0.25) is 5.91 Å². The largest absolute Gasteiger partial charge is 0.493 e. The Kier molecular flexibility index (Phi) is 5.03. The highest BCUT2D eigenvalue weighted by atomic mass is 35.5. The van der Waals surface area contributed by atoms with E-state index in [0.717, 1.165) is 6.42 Å². The summed E-state index contributed by atoms with van der Waals surface area (Å²) in [5.41, 5.74) is -0.0976. The molecule has 4 heterocycles. The molecule has 0 saturated carbocycles. The Morgan fingerprint density at radius 3 is 2.61 bits per heavy atom. The van der Waals surface area contributed by atoms with Gasteiger partial charge in [-0.2, -0.15) is 0 Å². The van der Waals surface area contributed by atoms with Crippen LogP contribution in [0.3, 0.4) is 0 Å². The van der Waals surface area contributed by atoms with E-state index < -0.39 is 16.9 Å². The number of para-hydroxylation sites is 3. The Morgan fingerprint density at radius 1 is 1.00 bits per heavy atom. The van der Waals surface area contributed by atoms with Crippen LogP contribution in [0.25, 0.3) is 0 Å². The van der Waals surface area contributed by atoms with Gasteiger partial charge in [0.15, 0.2) is 5.78 Å². The second-order valence-corrected chi connectivity index (χ2v) is 10.7. The summed E-state index contributed by atoms with van der Waals surface area (Å²) in [7, 11) is 0. The molecule has 7 rings (SSSR count). The summed E-state index contributed by atoms with van der Waals surface area (Å²) in [4.78, 5) is 45.8. The minimum Gasteiger partial charge on any atom is -0.493 e. The number of halogens is 1. The number of hydrogen-bond donors (Lipinski definition) is 2. The summed E-state index contributed by atoms with van der Waals surface area (Å²) in [6.07, 6.45) is 1.50. The van der Waals surface area contributed by atoms with Gasteiger partial charge in [-0.05, 0) is 56.1 Å². The van der Waals surface area contributed by atoms with Crippen LogP contribution in [0.5, 0.6) is 5.75 Å². The van der Waals surface area contributed by atoms with E-state index in [0.29, 0.717) is 58.4 Å². The molecule has 3 aromatic rings. The topological polar surface area (TPSA) is 87.7 Å².